The molecule has 2 aromatic heterocycles. The molecule has 0 bridgehead atoms. The highest BCUT2D eigenvalue weighted by atomic mass is 35.5. The molecule has 19 heavy (non-hydrogen) atoms. The number of nitrogens with zero attached hydrogens (tertiary/aromatic N) is 4. The molecule has 0 spiro atoms. The Balaban J connectivity index is 1.95. The van der Waals surface area contributed by atoms with Crippen molar-refractivity contribution in [2.45, 2.75) is 13.3 Å². The molecule has 3 rings (SSSR count). The number of hydrogen-bond donors (Lipinski definition) is 0. The molecule has 4 nitrogen and oxygen atoms in total. The third kappa shape index (κ3) is 2.83. The second-order valence-electron chi connectivity index (χ2n) is 4.00. The molecule has 3 aromatic rings. The number of hydrogen-bond acceptors (Lipinski definition) is 5. The van der Waals surface area contributed by atoms with E-state index in [2.05, 4.69) is 26.0 Å². The third-order valence-corrected chi connectivity index (χ3v) is 3.82. The normalized spacial score (nSPS) is 11.1. The van der Waals surface area contributed by atoms with E-state index in [1.165, 1.54) is 0 Å². The molecule has 0 saturated heterocycles. The first-order valence-corrected chi connectivity index (χ1v) is 7.09. The average Bonchev–Trinajstić information content (AvgIpc) is 2.67. The first-order valence-electron chi connectivity index (χ1n) is 5.52. The summed E-state index contributed by atoms with van der Waals surface area (Å²) in [6.45, 7) is 2.00. The highest BCUT2D eigenvalue weighted by Gasteiger charge is 2.06. The van der Waals surface area contributed by atoms with E-state index in [4.69, 9.17) is 23.2 Å². The molecule has 0 atom stereocenters. The maximum Gasteiger partial charge on any atom is 0.226 e. The topological polar surface area (TPSA) is 51.6 Å². The van der Waals surface area contributed by atoms with Crippen LogP contribution in [-0.2, 0) is 6.42 Å². The summed E-state index contributed by atoms with van der Waals surface area (Å²) in [5.41, 5.74) is 2.10. The lowest BCUT2D eigenvalue weighted by Crippen LogP contribution is -1.99. The third-order valence-electron chi connectivity index (χ3n) is 2.55. The largest absolute Gasteiger partial charge is 0.242 e. The van der Waals surface area contributed by atoms with Crippen LogP contribution in [0.5, 0.6) is 0 Å². The summed E-state index contributed by atoms with van der Waals surface area (Å²) in [4.78, 5) is 16.3. The Bertz CT molecular complexity index is 736. The molecule has 0 radical (unpaired) electrons. The molecule has 1 aromatic carbocycles. The molecule has 0 aliphatic rings. The summed E-state index contributed by atoms with van der Waals surface area (Å²) in [6.07, 6.45) is 0.564. The van der Waals surface area contributed by atoms with Gasteiger partial charge in [0, 0.05) is 6.42 Å². The van der Waals surface area contributed by atoms with Crippen molar-refractivity contribution in [3.8, 4) is 0 Å². The molecule has 0 N–H and O–H groups in total. The summed E-state index contributed by atoms with van der Waals surface area (Å²) in [5, 5.41) is 1.29. The number of thiazole rings is 1. The predicted octanol–water partition coefficient (Wildman–Crippen LogP) is 3.69. The molecular weight excluding hydrogens is 303 g/mol. The summed E-state index contributed by atoms with van der Waals surface area (Å²) in [7, 11) is 0. The smallest absolute Gasteiger partial charge is 0.226 e. The second kappa shape index (κ2) is 5.00. The maximum absolute atomic E-state index is 5.76. The lowest BCUT2D eigenvalue weighted by molar-refractivity contribution is 0.920. The van der Waals surface area contributed by atoms with Gasteiger partial charge < -0.3 is 0 Å². The monoisotopic (exact) mass is 310 g/mol. The van der Waals surface area contributed by atoms with Crippen molar-refractivity contribution < 1.29 is 0 Å². The van der Waals surface area contributed by atoms with Crippen LogP contribution in [0.3, 0.4) is 0 Å². The molecule has 0 amide bonds. The number of benzene rings is 1. The Kier molecular flexibility index (Phi) is 3.35. The van der Waals surface area contributed by atoms with Crippen LogP contribution in [-0.4, -0.2) is 19.9 Å². The number of halogens is 2. The summed E-state index contributed by atoms with van der Waals surface area (Å²) >= 11 is 13.2. The fourth-order valence-electron chi connectivity index (χ4n) is 1.82. The Morgan fingerprint density at radius 1 is 1.05 bits per heavy atom. The molecule has 96 valence electrons. The summed E-state index contributed by atoms with van der Waals surface area (Å²) in [5.74, 6) is 0.561. The Hall–Kier alpha value is -1.30. The molecule has 0 unspecified atom stereocenters. The van der Waals surface area contributed by atoms with Gasteiger partial charge in [0.05, 0.1) is 15.2 Å². The van der Waals surface area contributed by atoms with E-state index in [0.29, 0.717) is 12.2 Å². The highest BCUT2D eigenvalue weighted by Crippen LogP contribution is 2.23. The zero-order chi connectivity index (χ0) is 13.4. The predicted molar refractivity (Wildman–Crippen MR) is 77.0 cm³/mol. The minimum atomic E-state index is 0.115. The molecule has 0 saturated carbocycles. The maximum atomic E-state index is 5.76. The minimum Gasteiger partial charge on any atom is -0.242 e. The van der Waals surface area contributed by atoms with Crippen LogP contribution in [0.2, 0.25) is 10.6 Å². The van der Waals surface area contributed by atoms with E-state index in [1.807, 2.05) is 19.1 Å². The fourth-order valence-corrected chi connectivity index (χ4v) is 3.11. The van der Waals surface area contributed by atoms with Crippen LogP contribution in [0.1, 0.15) is 16.4 Å². The van der Waals surface area contributed by atoms with Gasteiger partial charge in [-0.3, -0.25) is 0 Å². The number of aryl methyl sites for hydroxylation is 1. The van der Waals surface area contributed by atoms with Gasteiger partial charge in [0.15, 0.2) is 0 Å². The zero-order valence-corrected chi connectivity index (χ0v) is 12.2. The quantitative estimate of drug-likeness (QED) is 0.724. The number of aromatic nitrogens is 4. The number of rotatable bonds is 2. The van der Waals surface area contributed by atoms with Crippen LogP contribution in [0, 0.1) is 6.92 Å². The molecule has 0 aliphatic heterocycles. The molecule has 0 aliphatic carbocycles. The summed E-state index contributed by atoms with van der Waals surface area (Å²) < 4.78 is 1.15. The van der Waals surface area contributed by atoms with Gasteiger partial charge in [0.2, 0.25) is 10.6 Å². The van der Waals surface area contributed by atoms with Crippen LogP contribution in [0.15, 0.2) is 18.2 Å². The van der Waals surface area contributed by atoms with Crippen LogP contribution in [0.25, 0.3) is 10.2 Å². The van der Waals surface area contributed by atoms with Crippen molar-refractivity contribution in [1.82, 2.24) is 19.9 Å². The van der Waals surface area contributed by atoms with E-state index in [-0.39, 0.29) is 10.6 Å². The van der Waals surface area contributed by atoms with Gasteiger partial charge >= 0.3 is 0 Å². The van der Waals surface area contributed by atoms with Crippen molar-refractivity contribution in [2.24, 2.45) is 0 Å². The molecule has 2 heterocycles. The van der Waals surface area contributed by atoms with Gasteiger partial charge in [0.1, 0.15) is 5.82 Å². The van der Waals surface area contributed by atoms with Gasteiger partial charge in [-0.05, 0) is 47.8 Å². The standard InChI is InChI=1S/C12H8Cl2N4S/c1-6-15-8-3-2-7(4-9(8)19-6)5-10-16-11(13)18-12(14)17-10/h2-4H,5H2,1H3. The van der Waals surface area contributed by atoms with E-state index in [9.17, 15) is 0 Å². The van der Waals surface area contributed by atoms with E-state index >= 15 is 0 Å². The van der Waals surface area contributed by atoms with Gasteiger partial charge in [-0.15, -0.1) is 11.3 Å². The fraction of sp³-hybridized carbons (Fsp3) is 0.167. The van der Waals surface area contributed by atoms with Crippen molar-refractivity contribution in [3.05, 3.63) is 45.2 Å². The molecule has 7 heteroatoms. The lowest BCUT2D eigenvalue weighted by Gasteiger charge is -2.01. The van der Waals surface area contributed by atoms with Crippen LogP contribution >= 0.6 is 34.5 Å². The highest BCUT2D eigenvalue weighted by molar-refractivity contribution is 7.18. The average molecular weight is 311 g/mol. The van der Waals surface area contributed by atoms with Crippen molar-refractivity contribution in [1.29, 1.82) is 0 Å². The van der Waals surface area contributed by atoms with Crippen molar-refractivity contribution in [3.63, 3.8) is 0 Å². The lowest BCUT2D eigenvalue weighted by atomic mass is 10.1. The van der Waals surface area contributed by atoms with Crippen molar-refractivity contribution >= 4 is 44.8 Å². The summed E-state index contributed by atoms with van der Waals surface area (Å²) in [6, 6.07) is 6.09. The number of fused-ring (bicyclic) bond motifs is 1. The SMILES string of the molecule is Cc1nc2ccc(Cc3nc(Cl)nc(Cl)n3)cc2s1. The first-order chi connectivity index (χ1) is 9.10. The van der Waals surface area contributed by atoms with Crippen LogP contribution < -0.4 is 0 Å². The van der Waals surface area contributed by atoms with Gasteiger partial charge in [-0.25, -0.2) is 15.0 Å². The Morgan fingerprint density at radius 3 is 2.53 bits per heavy atom. The minimum absolute atomic E-state index is 0.115. The zero-order valence-electron chi connectivity index (χ0n) is 9.89. The Morgan fingerprint density at radius 2 is 1.79 bits per heavy atom. The first kappa shape index (κ1) is 12.7. The van der Waals surface area contributed by atoms with E-state index in [0.717, 1.165) is 20.8 Å². The van der Waals surface area contributed by atoms with Crippen molar-refractivity contribution in [2.75, 3.05) is 0 Å². The van der Waals surface area contributed by atoms with Crippen LogP contribution in [0.4, 0.5) is 0 Å². The second-order valence-corrected chi connectivity index (χ2v) is 5.91. The van der Waals surface area contributed by atoms with E-state index < -0.39 is 0 Å². The van der Waals surface area contributed by atoms with Gasteiger partial charge in [-0.1, -0.05) is 6.07 Å². The molecular formula is C12H8Cl2N4S. The molecule has 0 fully saturated rings. The van der Waals surface area contributed by atoms with Gasteiger partial charge in [0.25, 0.3) is 0 Å². The van der Waals surface area contributed by atoms with E-state index in [1.54, 1.807) is 11.3 Å². The van der Waals surface area contributed by atoms with Gasteiger partial charge in [-0.2, -0.15) is 4.98 Å². The Labute approximate surface area is 123 Å².